The van der Waals surface area contributed by atoms with Gasteiger partial charge in [-0.25, -0.2) is 0 Å². The molecule has 1 aliphatic rings. The van der Waals surface area contributed by atoms with E-state index in [1.807, 2.05) is 6.92 Å². The number of carbonyl (C=O) groups excluding carboxylic acids is 1. The van der Waals surface area contributed by atoms with Crippen LogP contribution >= 0.6 is 0 Å². The second kappa shape index (κ2) is 4.37. The fourth-order valence-corrected chi connectivity index (χ4v) is 2.04. The van der Waals surface area contributed by atoms with Crippen LogP contribution in [-0.4, -0.2) is 23.2 Å². The van der Waals surface area contributed by atoms with Crippen molar-refractivity contribution in [3.63, 3.8) is 0 Å². The Morgan fingerprint density at radius 3 is 2.76 bits per heavy atom. The molecule has 0 atom stereocenters. The van der Waals surface area contributed by atoms with Crippen LogP contribution in [0.25, 0.3) is 0 Å². The maximum Gasteiger partial charge on any atom is 0.251 e. The molecule has 0 aromatic heterocycles. The predicted molar refractivity (Wildman–Crippen MR) is 66.7 cm³/mol. The Morgan fingerprint density at radius 2 is 2.24 bits per heavy atom. The molecule has 0 bridgehead atoms. The average Bonchev–Trinajstić information content (AvgIpc) is 2.23. The zero-order chi connectivity index (χ0) is 12.5. The summed E-state index contributed by atoms with van der Waals surface area (Å²) in [6.07, 6.45) is 2.58. The number of amides is 1. The summed E-state index contributed by atoms with van der Waals surface area (Å²) >= 11 is 0. The van der Waals surface area contributed by atoms with Crippen LogP contribution in [0.15, 0.2) is 18.2 Å². The minimum absolute atomic E-state index is 0.150. The molecule has 0 saturated heterocycles. The molecule has 1 aromatic carbocycles. The molecule has 1 saturated carbocycles. The normalized spacial score (nSPS) is 17.3. The number of aryl methyl sites for hydroxylation is 1. The molecular formula is C13H18N2O2. The molecule has 4 N–H and O–H groups in total. The largest absolute Gasteiger partial charge is 0.399 e. The summed E-state index contributed by atoms with van der Waals surface area (Å²) in [5, 5.41) is 12.7. The van der Waals surface area contributed by atoms with Gasteiger partial charge in [-0.15, -0.1) is 0 Å². The number of carbonyl (C=O) groups is 1. The van der Waals surface area contributed by atoms with Gasteiger partial charge in [-0.3, -0.25) is 4.79 Å². The van der Waals surface area contributed by atoms with Crippen molar-refractivity contribution in [2.75, 3.05) is 12.3 Å². The Hall–Kier alpha value is -1.55. The second-order valence-electron chi connectivity index (χ2n) is 4.83. The zero-order valence-electron chi connectivity index (χ0n) is 9.99. The van der Waals surface area contributed by atoms with Crippen molar-refractivity contribution < 1.29 is 9.90 Å². The van der Waals surface area contributed by atoms with Crippen molar-refractivity contribution in [3.05, 3.63) is 29.3 Å². The third-order valence-corrected chi connectivity index (χ3v) is 3.36. The Labute approximate surface area is 101 Å². The summed E-state index contributed by atoms with van der Waals surface area (Å²) in [4.78, 5) is 11.9. The highest BCUT2D eigenvalue weighted by molar-refractivity contribution is 5.96. The molecule has 0 radical (unpaired) electrons. The van der Waals surface area contributed by atoms with Gasteiger partial charge in [0.05, 0.1) is 5.60 Å². The number of nitrogen functional groups attached to an aromatic ring is 1. The first kappa shape index (κ1) is 11.9. The third kappa shape index (κ3) is 2.58. The minimum atomic E-state index is -0.683. The lowest BCUT2D eigenvalue weighted by Gasteiger charge is -2.36. The number of nitrogens with one attached hydrogen (secondary N) is 1. The van der Waals surface area contributed by atoms with Crippen LogP contribution in [0.2, 0.25) is 0 Å². The van der Waals surface area contributed by atoms with E-state index in [-0.39, 0.29) is 5.91 Å². The van der Waals surface area contributed by atoms with Crippen LogP contribution in [0.4, 0.5) is 5.69 Å². The van der Waals surface area contributed by atoms with Crippen LogP contribution in [-0.2, 0) is 0 Å². The summed E-state index contributed by atoms with van der Waals surface area (Å²) in [6, 6.07) is 5.19. The van der Waals surface area contributed by atoms with E-state index < -0.39 is 5.60 Å². The first-order valence-corrected chi connectivity index (χ1v) is 5.87. The molecule has 0 spiro atoms. The molecule has 1 aliphatic carbocycles. The van der Waals surface area contributed by atoms with E-state index in [0.29, 0.717) is 17.8 Å². The van der Waals surface area contributed by atoms with Crippen LogP contribution in [0.5, 0.6) is 0 Å². The predicted octanol–water partition coefficient (Wildman–Crippen LogP) is 1.22. The molecule has 1 fully saturated rings. The van der Waals surface area contributed by atoms with Gasteiger partial charge in [0.2, 0.25) is 0 Å². The smallest absolute Gasteiger partial charge is 0.251 e. The number of nitrogens with two attached hydrogens (primary N) is 1. The number of hydrogen-bond acceptors (Lipinski definition) is 3. The van der Waals surface area contributed by atoms with Crippen molar-refractivity contribution >= 4 is 11.6 Å². The van der Waals surface area contributed by atoms with Crippen molar-refractivity contribution in [1.29, 1.82) is 0 Å². The lowest BCUT2D eigenvalue weighted by Crippen LogP contribution is -2.47. The highest BCUT2D eigenvalue weighted by Gasteiger charge is 2.34. The van der Waals surface area contributed by atoms with E-state index in [9.17, 15) is 9.90 Å². The maximum atomic E-state index is 11.9. The van der Waals surface area contributed by atoms with Gasteiger partial charge in [0, 0.05) is 17.8 Å². The van der Waals surface area contributed by atoms with Gasteiger partial charge < -0.3 is 16.2 Å². The lowest BCUT2D eigenvalue weighted by atomic mass is 9.80. The summed E-state index contributed by atoms with van der Waals surface area (Å²) < 4.78 is 0. The number of benzene rings is 1. The second-order valence-corrected chi connectivity index (χ2v) is 4.83. The maximum absolute atomic E-state index is 11.9. The number of rotatable bonds is 3. The number of aliphatic hydroxyl groups is 1. The lowest BCUT2D eigenvalue weighted by molar-refractivity contribution is -0.0300. The van der Waals surface area contributed by atoms with E-state index in [1.165, 1.54) is 0 Å². The third-order valence-electron chi connectivity index (χ3n) is 3.36. The highest BCUT2D eigenvalue weighted by Crippen LogP contribution is 2.30. The van der Waals surface area contributed by atoms with Gasteiger partial charge in [-0.2, -0.15) is 0 Å². The fraction of sp³-hybridized carbons (Fsp3) is 0.462. The topological polar surface area (TPSA) is 75.4 Å². The molecule has 0 aliphatic heterocycles. The average molecular weight is 234 g/mol. The summed E-state index contributed by atoms with van der Waals surface area (Å²) in [6.45, 7) is 2.18. The minimum Gasteiger partial charge on any atom is -0.399 e. The monoisotopic (exact) mass is 234 g/mol. The van der Waals surface area contributed by atoms with Crippen molar-refractivity contribution in [3.8, 4) is 0 Å². The molecule has 4 heteroatoms. The Bertz CT molecular complexity index is 439. The summed E-state index contributed by atoms with van der Waals surface area (Å²) in [5.74, 6) is -0.150. The first-order valence-electron chi connectivity index (χ1n) is 5.87. The SMILES string of the molecule is Cc1cc(N)ccc1C(=O)NCC1(O)CCC1. The number of hydrogen-bond donors (Lipinski definition) is 3. The molecule has 0 heterocycles. The van der Waals surface area contributed by atoms with Gasteiger partial charge in [-0.1, -0.05) is 0 Å². The molecular weight excluding hydrogens is 216 g/mol. The van der Waals surface area contributed by atoms with Gasteiger partial charge in [0.25, 0.3) is 5.91 Å². The van der Waals surface area contributed by atoms with Gasteiger partial charge in [0.1, 0.15) is 0 Å². The molecule has 17 heavy (non-hydrogen) atoms. The first-order chi connectivity index (χ1) is 8.00. The number of anilines is 1. The quantitative estimate of drug-likeness (QED) is 0.688. The molecule has 2 rings (SSSR count). The van der Waals surface area contributed by atoms with Crippen LogP contribution in [0.1, 0.15) is 35.2 Å². The van der Waals surface area contributed by atoms with E-state index >= 15 is 0 Å². The van der Waals surface area contributed by atoms with Crippen LogP contribution in [0, 0.1) is 6.92 Å². The molecule has 0 unspecified atom stereocenters. The molecule has 1 aromatic rings. The summed E-state index contributed by atoms with van der Waals surface area (Å²) in [5.41, 5.74) is 7.06. The van der Waals surface area contributed by atoms with E-state index in [2.05, 4.69) is 5.32 Å². The summed E-state index contributed by atoms with van der Waals surface area (Å²) in [7, 11) is 0. The Balaban J connectivity index is 1.99. The highest BCUT2D eigenvalue weighted by atomic mass is 16.3. The van der Waals surface area contributed by atoms with Gasteiger partial charge in [-0.05, 0) is 49.9 Å². The van der Waals surface area contributed by atoms with Crippen molar-refractivity contribution in [2.45, 2.75) is 31.8 Å². The Morgan fingerprint density at radius 1 is 1.53 bits per heavy atom. The van der Waals surface area contributed by atoms with Crippen molar-refractivity contribution in [1.82, 2.24) is 5.32 Å². The fourth-order valence-electron chi connectivity index (χ4n) is 2.04. The Kier molecular flexibility index (Phi) is 3.07. The van der Waals surface area contributed by atoms with Gasteiger partial charge in [0.15, 0.2) is 0 Å². The molecule has 1 amide bonds. The van der Waals surface area contributed by atoms with Crippen LogP contribution in [0.3, 0.4) is 0 Å². The van der Waals surface area contributed by atoms with Crippen LogP contribution < -0.4 is 11.1 Å². The molecule has 4 nitrogen and oxygen atoms in total. The van der Waals surface area contributed by atoms with Gasteiger partial charge >= 0.3 is 0 Å². The standard InChI is InChI=1S/C13H18N2O2/c1-9-7-10(14)3-4-11(9)12(16)15-8-13(17)5-2-6-13/h3-4,7,17H,2,5-6,8,14H2,1H3,(H,15,16). The van der Waals surface area contributed by atoms with E-state index in [4.69, 9.17) is 5.73 Å². The molecule has 92 valence electrons. The van der Waals surface area contributed by atoms with Crippen molar-refractivity contribution in [2.24, 2.45) is 0 Å². The van der Waals surface area contributed by atoms with E-state index in [0.717, 1.165) is 24.8 Å². The van der Waals surface area contributed by atoms with E-state index in [1.54, 1.807) is 18.2 Å². The zero-order valence-corrected chi connectivity index (χ0v) is 9.99.